The van der Waals surface area contributed by atoms with E-state index in [1.807, 2.05) is 0 Å². The lowest BCUT2D eigenvalue weighted by Gasteiger charge is -2.29. The number of nitrogens with one attached hydrogen (secondary N) is 1. The third-order valence-corrected chi connectivity index (χ3v) is 4.19. The van der Waals surface area contributed by atoms with Crippen molar-refractivity contribution in [3.8, 4) is 6.07 Å². The molecule has 1 unspecified atom stereocenters. The van der Waals surface area contributed by atoms with Gasteiger partial charge in [-0.2, -0.15) is 5.26 Å². The monoisotopic (exact) mass is 295 g/mol. The fraction of sp³-hybridized carbons (Fsp3) is 0.941. The first-order valence-corrected chi connectivity index (χ1v) is 8.45. The minimum atomic E-state index is -0.314. The summed E-state index contributed by atoms with van der Waals surface area (Å²) in [5.74, 6) is 0.665. The van der Waals surface area contributed by atoms with Crippen molar-refractivity contribution in [1.29, 1.82) is 5.26 Å². The molecule has 0 radical (unpaired) electrons. The molecule has 0 amide bonds. The van der Waals surface area contributed by atoms with Crippen LogP contribution in [0.15, 0.2) is 0 Å². The van der Waals surface area contributed by atoms with Crippen LogP contribution >= 0.6 is 0 Å². The third-order valence-electron chi connectivity index (χ3n) is 4.19. The number of hydrogen-bond donors (Lipinski definition) is 1. The average Bonchev–Trinajstić information content (AvgIpc) is 3.26. The molecule has 0 saturated heterocycles. The lowest BCUT2D eigenvalue weighted by molar-refractivity contribution is 0.137. The van der Waals surface area contributed by atoms with Gasteiger partial charge in [-0.25, -0.2) is 0 Å². The molecule has 1 aliphatic carbocycles. The lowest BCUT2D eigenvalue weighted by atomic mass is 9.91. The summed E-state index contributed by atoms with van der Waals surface area (Å²) in [6, 6.07) is 3.13. The average molecular weight is 295 g/mol. The number of rotatable bonds is 12. The van der Waals surface area contributed by atoms with E-state index in [-0.39, 0.29) is 5.54 Å². The van der Waals surface area contributed by atoms with Crippen molar-refractivity contribution >= 4 is 0 Å². The van der Waals surface area contributed by atoms with Crippen LogP contribution in [0.2, 0.25) is 0 Å². The van der Waals surface area contributed by atoms with Gasteiger partial charge in [0.2, 0.25) is 0 Å². The predicted octanol–water partition coefficient (Wildman–Crippen LogP) is 2.80. The molecule has 1 aliphatic rings. The normalized spacial score (nSPS) is 18.0. The molecule has 1 N–H and O–H groups in total. The van der Waals surface area contributed by atoms with Crippen molar-refractivity contribution in [2.75, 3.05) is 33.4 Å². The molecule has 4 heteroatoms. The lowest BCUT2D eigenvalue weighted by Crippen LogP contribution is -2.45. The van der Waals surface area contributed by atoms with E-state index in [1.165, 1.54) is 12.8 Å². The molecular weight excluding hydrogens is 262 g/mol. The molecule has 0 aromatic heterocycles. The highest BCUT2D eigenvalue weighted by Crippen LogP contribution is 2.26. The van der Waals surface area contributed by atoms with Crippen molar-refractivity contribution in [1.82, 2.24) is 10.2 Å². The summed E-state index contributed by atoms with van der Waals surface area (Å²) in [7, 11) is 1.75. The highest BCUT2D eigenvalue weighted by molar-refractivity contribution is 5.09. The molecule has 4 nitrogen and oxygen atoms in total. The summed E-state index contributed by atoms with van der Waals surface area (Å²) in [4.78, 5) is 2.46. The molecular formula is C17H33N3O. The van der Waals surface area contributed by atoms with Crippen LogP contribution in [0.3, 0.4) is 0 Å². The van der Waals surface area contributed by atoms with Gasteiger partial charge >= 0.3 is 0 Å². The van der Waals surface area contributed by atoms with Gasteiger partial charge in [-0.05, 0) is 44.6 Å². The Hall–Kier alpha value is -0.630. The van der Waals surface area contributed by atoms with E-state index in [4.69, 9.17) is 4.74 Å². The molecule has 0 heterocycles. The molecule has 1 atom stereocenters. The molecule has 0 aromatic rings. The summed E-state index contributed by atoms with van der Waals surface area (Å²) in [6.45, 7) is 10.5. The first-order valence-electron chi connectivity index (χ1n) is 8.45. The Bertz CT molecular complexity index is 322. The third kappa shape index (κ3) is 7.26. The first kappa shape index (κ1) is 18.4. The summed E-state index contributed by atoms with van der Waals surface area (Å²) in [6.07, 6.45) is 5.37. The fourth-order valence-corrected chi connectivity index (χ4v) is 2.77. The molecule has 0 aliphatic heterocycles. The number of hydrogen-bond acceptors (Lipinski definition) is 4. The van der Waals surface area contributed by atoms with Gasteiger partial charge in [0.15, 0.2) is 0 Å². The Labute approximate surface area is 130 Å². The predicted molar refractivity (Wildman–Crippen MR) is 87.2 cm³/mol. The summed E-state index contributed by atoms with van der Waals surface area (Å²) < 4.78 is 5.20. The van der Waals surface area contributed by atoms with Crippen molar-refractivity contribution in [3.63, 3.8) is 0 Å². The molecule has 0 bridgehead atoms. The summed E-state index contributed by atoms with van der Waals surface area (Å²) in [5, 5.41) is 13.1. The van der Waals surface area contributed by atoms with Gasteiger partial charge in [0.25, 0.3) is 0 Å². The maximum atomic E-state index is 9.56. The summed E-state index contributed by atoms with van der Waals surface area (Å²) >= 11 is 0. The van der Waals surface area contributed by atoms with Crippen molar-refractivity contribution in [2.24, 2.45) is 5.92 Å². The van der Waals surface area contributed by atoms with Crippen LogP contribution < -0.4 is 5.32 Å². The van der Waals surface area contributed by atoms with E-state index in [9.17, 15) is 5.26 Å². The van der Waals surface area contributed by atoms with E-state index in [0.717, 1.165) is 45.5 Å². The van der Waals surface area contributed by atoms with Gasteiger partial charge in [-0.1, -0.05) is 20.8 Å². The van der Waals surface area contributed by atoms with Crippen LogP contribution in [0, 0.1) is 17.2 Å². The maximum Gasteiger partial charge on any atom is 0.106 e. The van der Waals surface area contributed by atoms with Crippen molar-refractivity contribution < 1.29 is 4.74 Å². The number of ether oxygens (including phenoxy) is 1. The van der Waals surface area contributed by atoms with Gasteiger partial charge in [0.1, 0.15) is 5.54 Å². The standard InChI is InChI=1S/C17H33N3O/c1-5-17(14-18,19-16-7-8-16)9-6-10-20(11-12-21-4)13-15(2)3/h15-16,19H,5-13H2,1-4H3. The topological polar surface area (TPSA) is 48.3 Å². The number of nitrogens with zero attached hydrogens (tertiary/aromatic N) is 2. The maximum absolute atomic E-state index is 9.56. The number of nitriles is 1. The minimum Gasteiger partial charge on any atom is -0.383 e. The van der Waals surface area contributed by atoms with E-state index in [2.05, 4.69) is 37.1 Å². The summed E-state index contributed by atoms with van der Waals surface area (Å²) in [5.41, 5.74) is -0.314. The Kier molecular flexibility index (Phi) is 8.24. The number of methoxy groups -OCH3 is 1. The fourth-order valence-electron chi connectivity index (χ4n) is 2.77. The van der Waals surface area contributed by atoms with E-state index < -0.39 is 0 Å². The second-order valence-electron chi connectivity index (χ2n) is 6.76. The zero-order valence-corrected chi connectivity index (χ0v) is 14.3. The van der Waals surface area contributed by atoms with Gasteiger partial charge in [0.05, 0.1) is 12.7 Å². The minimum absolute atomic E-state index is 0.314. The molecule has 1 rings (SSSR count). The van der Waals surface area contributed by atoms with Gasteiger partial charge in [-0.15, -0.1) is 0 Å². The van der Waals surface area contributed by atoms with E-state index >= 15 is 0 Å². The van der Waals surface area contributed by atoms with E-state index in [0.29, 0.717) is 12.0 Å². The molecule has 0 spiro atoms. The second kappa shape index (κ2) is 9.40. The molecule has 0 aromatic carbocycles. The van der Waals surface area contributed by atoms with Crippen molar-refractivity contribution in [3.05, 3.63) is 0 Å². The van der Waals surface area contributed by atoms with Crippen LogP contribution in [0.5, 0.6) is 0 Å². The molecule has 21 heavy (non-hydrogen) atoms. The zero-order chi connectivity index (χ0) is 15.7. The SMILES string of the molecule is CCC(C#N)(CCCN(CCOC)CC(C)C)NC1CC1. The van der Waals surface area contributed by atoms with E-state index in [1.54, 1.807) is 7.11 Å². The molecule has 1 saturated carbocycles. The Morgan fingerprint density at radius 3 is 2.57 bits per heavy atom. The molecule has 1 fully saturated rings. The highest BCUT2D eigenvalue weighted by atomic mass is 16.5. The van der Waals surface area contributed by atoms with Crippen molar-refractivity contribution in [2.45, 2.75) is 64.5 Å². The van der Waals surface area contributed by atoms with Crippen LogP contribution in [0.25, 0.3) is 0 Å². The smallest absolute Gasteiger partial charge is 0.106 e. The largest absolute Gasteiger partial charge is 0.383 e. The Morgan fingerprint density at radius 1 is 1.38 bits per heavy atom. The van der Waals surface area contributed by atoms with Gasteiger partial charge in [0, 0.05) is 26.2 Å². The van der Waals surface area contributed by atoms with Crippen LogP contribution in [-0.2, 0) is 4.74 Å². The Morgan fingerprint density at radius 2 is 2.10 bits per heavy atom. The zero-order valence-electron chi connectivity index (χ0n) is 14.3. The highest BCUT2D eigenvalue weighted by Gasteiger charge is 2.34. The van der Waals surface area contributed by atoms with Crippen LogP contribution in [0.1, 0.15) is 52.9 Å². The molecule has 122 valence electrons. The quantitative estimate of drug-likeness (QED) is 0.601. The van der Waals surface area contributed by atoms with Crippen LogP contribution in [0.4, 0.5) is 0 Å². The van der Waals surface area contributed by atoms with Gasteiger partial charge < -0.3 is 9.64 Å². The first-order chi connectivity index (χ1) is 10.0. The second-order valence-corrected chi connectivity index (χ2v) is 6.76. The van der Waals surface area contributed by atoms with Gasteiger partial charge in [-0.3, -0.25) is 5.32 Å². The van der Waals surface area contributed by atoms with Crippen LogP contribution in [-0.4, -0.2) is 49.8 Å². The Balaban J connectivity index is 2.39.